The highest BCUT2D eigenvalue weighted by Gasteiger charge is 2.39. The zero-order valence-corrected chi connectivity index (χ0v) is 19.6. The minimum Gasteiger partial charge on any atom is -0.305 e. The predicted molar refractivity (Wildman–Crippen MR) is 136 cm³/mol. The number of rotatable bonds is 4. The van der Waals surface area contributed by atoms with E-state index in [-0.39, 0.29) is 17.9 Å². The van der Waals surface area contributed by atoms with Crippen LogP contribution in [0.2, 0.25) is 0 Å². The predicted octanol–water partition coefficient (Wildman–Crippen LogP) is 6.79. The van der Waals surface area contributed by atoms with Gasteiger partial charge in [-0.3, -0.25) is 9.59 Å². The Kier molecular flexibility index (Phi) is 6.34. The van der Waals surface area contributed by atoms with Crippen molar-refractivity contribution in [1.29, 1.82) is 0 Å². The second kappa shape index (κ2) is 9.74. The molecule has 0 radical (unpaired) electrons. The number of hydrogen-bond donors (Lipinski definition) is 0. The molecule has 180 valence electrons. The third-order valence-electron chi connectivity index (χ3n) is 6.51. The van der Waals surface area contributed by atoms with Gasteiger partial charge in [0.05, 0.1) is 6.04 Å². The molecule has 2 amide bonds. The number of hydrogen-bond acceptors (Lipinski definition) is 2. The van der Waals surface area contributed by atoms with Crippen LogP contribution in [0.3, 0.4) is 0 Å². The Balaban J connectivity index is 1.64. The van der Waals surface area contributed by atoms with Crippen LogP contribution in [0.1, 0.15) is 45.7 Å². The fourth-order valence-corrected chi connectivity index (χ4v) is 4.84. The molecule has 0 fully saturated rings. The van der Waals surface area contributed by atoms with Crippen molar-refractivity contribution >= 4 is 23.2 Å². The van der Waals surface area contributed by atoms with E-state index in [2.05, 4.69) is 0 Å². The SMILES string of the molecule is C[C@H]1C[C@H](N(C(=O)c2ccccc2)c2ccc(F)cc2)c2cc(F)ccc2N1C(=O)c1ccccc1. The third kappa shape index (κ3) is 4.38. The Morgan fingerprint density at radius 3 is 2.00 bits per heavy atom. The van der Waals surface area contributed by atoms with E-state index in [1.54, 1.807) is 76.5 Å². The van der Waals surface area contributed by atoms with Gasteiger partial charge < -0.3 is 9.80 Å². The first-order valence-corrected chi connectivity index (χ1v) is 11.8. The van der Waals surface area contributed by atoms with Crippen LogP contribution in [0.5, 0.6) is 0 Å². The van der Waals surface area contributed by atoms with E-state index in [0.717, 1.165) is 0 Å². The Labute approximate surface area is 208 Å². The number of carbonyl (C=O) groups is 2. The monoisotopic (exact) mass is 482 g/mol. The summed E-state index contributed by atoms with van der Waals surface area (Å²) in [6.07, 6.45) is 0.366. The molecule has 2 atom stereocenters. The van der Waals surface area contributed by atoms with Crippen molar-refractivity contribution in [1.82, 2.24) is 0 Å². The second-order valence-corrected chi connectivity index (χ2v) is 8.86. The van der Waals surface area contributed by atoms with Crippen molar-refractivity contribution in [3.63, 3.8) is 0 Å². The Hall–Kier alpha value is -4.32. The molecular weight excluding hydrogens is 458 g/mol. The molecule has 0 saturated carbocycles. The summed E-state index contributed by atoms with van der Waals surface area (Å²) < 4.78 is 28.4. The molecule has 4 aromatic rings. The molecule has 4 nitrogen and oxygen atoms in total. The Morgan fingerprint density at radius 2 is 1.36 bits per heavy atom. The van der Waals surface area contributed by atoms with Crippen LogP contribution in [0.4, 0.5) is 20.2 Å². The number of anilines is 2. The summed E-state index contributed by atoms with van der Waals surface area (Å²) in [4.78, 5) is 30.6. The van der Waals surface area contributed by atoms with Crippen molar-refractivity contribution in [2.75, 3.05) is 9.80 Å². The first-order chi connectivity index (χ1) is 17.4. The first-order valence-electron chi connectivity index (χ1n) is 11.8. The normalized spacial score (nSPS) is 16.8. The van der Waals surface area contributed by atoms with Gasteiger partial charge in [-0.1, -0.05) is 36.4 Å². The highest BCUT2D eigenvalue weighted by Crippen LogP contribution is 2.43. The van der Waals surface area contributed by atoms with Gasteiger partial charge in [0.2, 0.25) is 0 Å². The van der Waals surface area contributed by atoms with Gasteiger partial charge in [-0.05, 0) is 80.1 Å². The standard InChI is InChI=1S/C30H24F2N2O2/c1-20-18-28(34(25-15-12-23(31)13-16-25)30(36)22-10-6-3-7-11-22)26-19-24(32)14-17-27(26)33(20)29(35)21-8-4-2-5-9-21/h2-17,19-20,28H,18H2,1H3/t20-,28-/m0/s1. The maximum Gasteiger partial charge on any atom is 0.258 e. The molecule has 0 spiro atoms. The Bertz CT molecular complexity index is 1390. The molecular formula is C30H24F2N2O2. The van der Waals surface area contributed by atoms with Crippen molar-refractivity contribution < 1.29 is 18.4 Å². The lowest BCUT2D eigenvalue weighted by Crippen LogP contribution is -2.48. The fourth-order valence-electron chi connectivity index (χ4n) is 4.84. The van der Waals surface area contributed by atoms with Crippen LogP contribution in [0, 0.1) is 11.6 Å². The van der Waals surface area contributed by atoms with Crippen molar-refractivity contribution in [2.45, 2.75) is 25.4 Å². The minimum atomic E-state index is -0.580. The quantitative estimate of drug-likeness (QED) is 0.321. The van der Waals surface area contributed by atoms with Crippen LogP contribution in [-0.2, 0) is 0 Å². The molecule has 36 heavy (non-hydrogen) atoms. The van der Waals surface area contributed by atoms with E-state index >= 15 is 0 Å². The maximum absolute atomic E-state index is 14.6. The zero-order valence-electron chi connectivity index (χ0n) is 19.6. The highest BCUT2D eigenvalue weighted by atomic mass is 19.1. The van der Waals surface area contributed by atoms with E-state index in [1.807, 2.05) is 19.1 Å². The summed E-state index contributed by atoms with van der Waals surface area (Å²) in [6, 6.07) is 26.8. The van der Waals surface area contributed by atoms with E-state index in [1.165, 1.54) is 24.3 Å². The number of carbonyl (C=O) groups excluding carboxylic acids is 2. The van der Waals surface area contributed by atoms with Gasteiger partial charge in [-0.15, -0.1) is 0 Å². The molecule has 1 aliphatic rings. The van der Waals surface area contributed by atoms with Crippen molar-refractivity contribution in [3.8, 4) is 0 Å². The Morgan fingerprint density at radius 1 is 0.778 bits per heavy atom. The molecule has 4 aromatic carbocycles. The maximum atomic E-state index is 14.6. The van der Waals surface area contributed by atoms with Crippen LogP contribution >= 0.6 is 0 Å². The summed E-state index contributed by atoms with van der Waals surface area (Å²) >= 11 is 0. The van der Waals surface area contributed by atoms with Gasteiger partial charge in [0.25, 0.3) is 11.8 Å². The zero-order chi connectivity index (χ0) is 25.2. The largest absolute Gasteiger partial charge is 0.305 e. The van der Waals surface area contributed by atoms with Crippen LogP contribution in [0.15, 0.2) is 103 Å². The van der Waals surface area contributed by atoms with Gasteiger partial charge in [-0.2, -0.15) is 0 Å². The molecule has 1 heterocycles. The second-order valence-electron chi connectivity index (χ2n) is 8.86. The van der Waals surface area contributed by atoms with Crippen LogP contribution < -0.4 is 9.80 Å². The fraction of sp³-hybridized carbons (Fsp3) is 0.133. The van der Waals surface area contributed by atoms with Crippen molar-refractivity contribution in [2.24, 2.45) is 0 Å². The molecule has 0 aromatic heterocycles. The molecule has 0 saturated heterocycles. The summed E-state index contributed by atoms with van der Waals surface area (Å²) in [5.74, 6) is -1.38. The lowest BCUT2D eigenvalue weighted by molar-refractivity contribution is 0.0965. The number of fused-ring (bicyclic) bond motifs is 1. The van der Waals surface area contributed by atoms with Crippen LogP contribution in [0.25, 0.3) is 0 Å². The molecule has 6 heteroatoms. The number of halogens is 2. The molecule has 0 bridgehead atoms. The van der Waals surface area contributed by atoms with Crippen LogP contribution in [-0.4, -0.2) is 17.9 Å². The molecule has 0 unspecified atom stereocenters. The number of nitrogens with zero attached hydrogens (tertiary/aromatic N) is 2. The summed E-state index contributed by atoms with van der Waals surface area (Å²) in [7, 11) is 0. The molecule has 0 N–H and O–H groups in total. The smallest absolute Gasteiger partial charge is 0.258 e. The van der Waals surface area contributed by atoms with Crippen molar-refractivity contribution in [3.05, 3.63) is 131 Å². The van der Waals surface area contributed by atoms with E-state index < -0.39 is 17.7 Å². The van der Waals surface area contributed by atoms with E-state index in [9.17, 15) is 18.4 Å². The number of benzene rings is 4. The summed E-state index contributed by atoms with van der Waals surface area (Å²) in [5.41, 5.74) is 2.53. The molecule has 1 aliphatic heterocycles. The minimum absolute atomic E-state index is 0.197. The lowest BCUT2D eigenvalue weighted by atomic mass is 9.89. The molecule has 5 rings (SSSR count). The van der Waals surface area contributed by atoms with E-state index in [4.69, 9.17) is 0 Å². The topological polar surface area (TPSA) is 40.6 Å². The van der Waals surface area contributed by atoms with Gasteiger partial charge >= 0.3 is 0 Å². The summed E-state index contributed by atoms with van der Waals surface area (Å²) in [6.45, 7) is 1.91. The van der Waals surface area contributed by atoms with Gasteiger partial charge in [0.15, 0.2) is 0 Å². The summed E-state index contributed by atoms with van der Waals surface area (Å²) in [5, 5.41) is 0. The van der Waals surface area contributed by atoms with E-state index in [0.29, 0.717) is 34.5 Å². The average Bonchev–Trinajstić information content (AvgIpc) is 2.91. The first kappa shape index (κ1) is 23.4. The van der Waals surface area contributed by atoms with Gasteiger partial charge in [0.1, 0.15) is 11.6 Å². The number of amides is 2. The molecule has 0 aliphatic carbocycles. The van der Waals surface area contributed by atoms with Gasteiger partial charge in [-0.25, -0.2) is 8.78 Å². The third-order valence-corrected chi connectivity index (χ3v) is 6.51. The lowest BCUT2D eigenvalue weighted by Gasteiger charge is -2.43. The highest BCUT2D eigenvalue weighted by molar-refractivity contribution is 6.09. The van der Waals surface area contributed by atoms with Gasteiger partial charge in [0, 0.05) is 34.1 Å². The average molecular weight is 483 g/mol.